The fraction of sp³-hybridized carbons (Fsp3) is 0.444. The summed E-state index contributed by atoms with van der Waals surface area (Å²) >= 11 is 0. The van der Waals surface area contributed by atoms with E-state index in [-0.39, 0.29) is 0 Å². The number of dihydropyridines is 1. The van der Waals surface area contributed by atoms with Crippen LogP contribution in [0, 0.1) is 17.2 Å². The van der Waals surface area contributed by atoms with Crippen LogP contribution in [-0.2, 0) is 0 Å². The number of nitriles is 1. The Hall–Kier alpha value is -1.23. The molecule has 0 aromatic heterocycles. The molecule has 1 aliphatic rings. The lowest BCUT2D eigenvalue weighted by atomic mass is 10.0. The van der Waals surface area contributed by atoms with E-state index in [1.807, 2.05) is 12.2 Å². The first-order valence-corrected chi connectivity index (χ1v) is 3.78. The highest BCUT2D eigenvalue weighted by Crippen LogP contribution is 2.12. The number of nitrogens with one attached hydrogen (secondary N) is 1. The molecule has 1 rings (SSSR count). The summed E-state index contributed by atoms with van der Waals surface area (Å²) in [5, 5.41) is 11.5. The summed E-state index contributed by atoms with van der Waals surface area (Å²) in [5.41, 5.74) is 2.01. The Morgan fingerprint density at radius 3 is 2.64 bits per heavy atom. The van der Waals surface area contributed by atoms with Gasteiger partial charge in [-0.3, -0.25) is 0 Å². The number of hydrogen-bond donors (Lipinski definition) is 1. The summed E-state index contributed by atoms with van der Waals surface area (Å²) in [6.07, 6.45) is 3.86. The average Bonchev–Trinajstić information content (AvgIpc) is 2.05. The van der Waals surface area contributed by atoms with Crippen LogP contribution >= 0.6 is 0 Å². The zero-order valence-corrected chi connectivity index (χ0v) is 6.89. The van der Waals surface area contributed by atoms with Crippen molar-refractivity contribution in [3.05, 3.63) is 23.4 Å². The number of allylic oxidation sites excluding steroid dienone is 3. The van der Waals surface area contributed by atoms with Gasteiger partial charge in [0, 0.05) is 6.54 Å². The molecule has 0 radical (unpaired) electrons. The molecule has 0 saturated carbocycles. The molecule has 11 heavy (non-hydrogen) atoms. The van der Waals surface area contributed by atoms with Crippen LogP contribution in [-0.4, -0.2) is 6.54 Å². The summed E-state index contributed by atoms with van der Waals surface area (Å²) in [7, 11) is 0. The van der Waals surface area contributed by atoms with E-state index in [9.17, 15) is 0 Å². The standard InChI is InChI=1S/C9H12N2/c1-7(2)8-3-4-9(5-10)11-6-8/h3-4,7,11H,6H2,1-2H3. The number of nitrogens with zero attached hydrogens (tertiary/aromatic N) is 1. The molecule has 0 spiro atoms. The Morgan fingerprint density at radius 1 is 1.55 bits per heavy atom. The molecule has 0 saturated heterocycles. The highest BCUT2D eigenvalue weighted by atomic mass is 14.9. The maximum absolute atomic E-state index is 8.51. The van der Waals surface area contributed by atoms with Crippen molar-refractivity contribution in [2.45, 2.75) is 13.8 Å². The molecule has 0 aromatic rings. The lowest BCUT2D eigenvalue weighted by Crippen LogP contribution is -2.20. The molecule has 0 aliphatic carbocycles. The van der Waals surface area contributed by atoms with Gasteiger partial charge in [0.1, 0.15) is 11.8 Å². The largest absolute Gasteiger partial charge is 0.373 e. The molecular formula is C9H12N2. The van der Waals surface area contributed by atoms with Crippen LogP contribution < -0.4 is 5.32 Å². The van der Waals surface area contributed by atoms with Crippen LogP contribution in [0.2, 0.25) is 0 Å². The van der Waals surface area contributed by atoms with Gasteiger partial charge in [0.15, 0.2) is 0 Å². The minimum atomic E-state index is 0.569. The van der Waals surface area contributed by atoms with E-state index in [1.54, 1.807) is 0 Å². The molecular weight excluding hydrogens is 136 g/mol. The van der Waals surface area contributed by atoms with Gasteiger partial charge < -0.3 is 5.32 Å². The van der Waals surface area contributed by atoms with Crippen LogP contribution in [0.25, 0.3) is 0 Å². The van der Waals surface area contributed by atoms with E-state index in [0.717, 1.165) is 6.54 Å². The van der Waals surface area contributed by atoms with Gasteiger partial charge in [-0.1, -0.05) is 19.9 Å². The minimum absolute atomic E-state index is 0.569. The van der Waals surface area contributed by atoms with Gasteiger partial charge in [-0.05, 0) is 17.6 Å². The zero-order chi connectivity index (χ0) is 8.27. The first-order valence-electron chi connectivity index (χ1n) is 3.78. The van der Waals surface area contributed by atoms with Crippen LogP contribution in [0.1, 0.15) is 13.8 Å². The summed E-state index contributed by atoms with van der Waals surface area (Å²) in [5.74, 6) is 0.569. The number of hydrogen-bond acceptors (Lipinski definition) is 2. The lowest BCUT2D eigenvalue weighted by Gasteiger charge is -2.15. The molecule has 2 nitrogen and oxygen atoms in total. The Morgan fingerprint density at radius 2 is 2.27 bits per heavy atom. The van der Waals surface area contributed by atoms with Crippen molar-refractivity contribution in [1.82, 2.24) is 5.32 Å². The minimum Gasteiger partial charge on any atom is -0.373 e. The van der Waals surface area contributed by atoms with Gasteiger partial charge in [0.25, 0.3) is 0 Å². The van der Waals surface area contributed by atoms with Gasteiger partial charge >= 0.3 is 0 Å². The van der Waals surface area contributed by atoms with Crippen LogP contribution in [0.4, 0.5) is 0 Å². The molecule has 0 bridgehead atoms. The normalized spacial score (nSPS) is 16.5. The molecule has 0 aromatic carbocycles. The van der Waals surface area contributed by atoms with E-state index in [1.165, 1.54) is 5.57 Å². The molecule has 1 heterocycles. The lowest BCUT2D eigenvalue weighted by molar-refractivity contribution is 0.704. The maximum atomic E-state index is 8.51. The average molecular weight is 148 g/mol. The van der Waals surface area contributed by atoms with Crippen LogP contribution in [0.5, 0.6) is 0 Å². The van der Waals surface area contributed by atoms with Gasteiger partial charge in [-0.15, -0.1) is 0 Å². The SMILES string of the molecule is CC(C)C1=CC=C(C#N)NC1. The van der Waals surface area contributed by atoms with Gasteiger partial charge in [-0.2, -0.15) is 5.26 Å². The second kappa shape index (κ2) is 3.25. The smallest absolute Gasteiger partial charge is 0.117 e. The van der Waals surface area contributed by atoms with Crippen LogP contribution in [0.3, 0.4) is 0 Å². The van der Waals surface area contributed by atoms with E-state index in [4.69, 9.17) is 5.26 Å². The van der Waals surface area contributed by atoms with Crippen molar-refractivity contribution < 1.29 is 0 Å². The molecule has 0 amide bonds. The second-order valence-electron chi connectivity index (χ2n) is 2.94. The number of rotatable bonds is 1. The Labute approximate surface area is 67.2 Å². The molecule has 1 aliphatic heterocycles. The highest BCUT2D eigenvalue weighted by Gasteiger charge is 2.06. The first-order chi connectivity index (χ1) is 5.24. The fourth-order valence-electron chi connectivity index (χ4n) is 0.979. The Kier molecular flexibility index (Phi) is 2.32. The molecule has 2 heteroatoms. The third kappa shape index (κ3) is 1.84. The zero-order valence-electron chi connectivity index (χ0n) is 6.89. The van der Waals surface area contributed by atoms with Crippen molar-refractivity contribution in [3.8, 4) is 6.07 Å². The summed E-state index contributed by atoms with van der Waals surface area (Å²) in [4.78, 5) is 0. The second-order valence-corrected chi connectivity index (χ2v) is 2.94. The fourth-order valence-corrected chi connectivity index (χ4v) is 0.979. The Bertz CT molecular complexity index is 241. The first kappa shape index (κ1) is 7.87. The van der Waals surface area contributed by atoms with E-state index >= 15 is 0 Å². The van der Waals surface area contributed by atoms with Crippen LogP contribution in [0.15, 0.2) is 23.4 Å². The van der Waals surface area contributed by atoms with E-state index in [2.05, 4.69) is 25.2 Å². The Balaban J connectivity index is 2.71. The van der Waals surface area contributed by atoms with Gasteiger partial charge in [0.2, 0.25) is 0 Å². The van der Waals surface area contributed by atoms with E-state index < -0.39 is 0 Å². The molecule has 0 unspecified atom stereocenters. The molecule has 1 N–H and O–H groups in total. The predicted octanol–water partition coefficient (Wildman–Crippen LogP) is 1.58. The van der Waals surface area contributed by atoms with Gasteiger partial charge in [-0.25, -0.2) is 0 Å². The van der Waals surface area contributed by atoms with Crippen molar-refractivity contribution >= 4 is 0 Å². The van der Waals surface area contributed by atoms with Crippen molar-refractivity contribution in [2.24, 2.45) is 5.92 Å². The summed E-state index contributed by atoms with van der Waals surface area (Å²) in [6.45, 7) is 5.12. The summed E-state index contributed by atoms with van der Waals surface area (Å²) in [6, 6.07) is 2.07. The third-order valence-electron chi connectivity index (χ3n) is 1.81. The van der Waals surface area contributed by atoms with Crippen molar-refractivity contribution in [2.75, 3.05) is 6.54 Å². The quantitative estimate of drug-likeness (QED) is 0.612. The monoisotopic (exact) mass is 148 g/mol. The van der Waals surface area contributed by atoms with Crippen molar-refractivity contribution in [3.63, 3.8) is 0 Å². The van der Waals surface area contributed by atoms with E-state index in [0.29, 0.717) is 11.6 Å². The van der Waals surface area contributed by atoms with Gasteiger partial charge in [0.05, 0.1) is 0 Å². The molecule has 0 atom stereocenters. The third-order valence-corrected chi connectivity index (χ3v) is 1.81. The molecule has 58 valence electrons. The summed E-state index contributed by atoms with van der Waals surface area (Å²) < 4.78 is 0. The highest BCUT2D eigenvalue weighted by molar-refractivity contribution is 5.32. The predicted molar refractivity (Wildman–Crippen MR) is 44.6 cm³/mol. The maximum Gasteiger partial charge on any atom is 0.117 e. The topological polar surface area (TPSA) is 35.8 Å². The van der Waals surface area contributed by atoms with Crippen molar-refractivity contribution in [1.29, 1.82) is 5.26 Å². The molecule has 0 fully saturated rings.